The van der Waals surface area contributed by atoms with Gasteiger partial charge in [-0.1, -0.05) is 0 Å². The monoisotopic (exact) mass is 190 g/mol. The Labute approximate surface area is 63.8 Å². The Balaban J connectivity index is 2.53. The summed E-state index contributed by atoms with van der Waals surface area (Å²) >= 11 is -0.484. The van der Waals surface area contributed by atoms with Crippen molar-refractivity contribution >= 4 is 26.0 Å². The molecular weight excluding hydrogens is 177 g/mol. The van der Waals surface area contributed by atoms with Crippen molar-refractivity contribution in [2.45, 2.75) is 37.6 Å². The Morgan fingerprint density at radius 3 is 2.50 bits per heavy atom. The van der Waals surface area contributed by atoms with Gasteiger partial charge >= 0.3 is 63.6 Å². The summed E-state index contributed by atoms with van der Waals surface area (Å²) in [6.07, 6.45) is 5.56. The number of hydrogen-bond donors (Lipinski definition) is 0. The molecule has 0 aliphatic carbocycles. The van der Waals surface area contributed by atoms with Crippen LogP contribution in [0.5, 0.6) is 0 Å². The summed E-state index contributed by atoms with van der Waals surface area (Å²) in [6.45, 7) is 2.24. The molecule has 0 heterocycles. The van der Waals surface area contributed by atoms with E-state index in [4.69, 9.17) is 9.64 Å². The van der Waals surface area contributed by atoms with Crippen LogP contribution >= 0.6 is 9.64 Å². The van der Waals surface area contributed by atoms with Crippen LogP contribution in [-0.2, 0) is 0 Å². The third-order valence-electron chi connectivity index (χ3n) is 1.24. The molecule has 0 nitrogen and oxygen atoms in total. The fourth-order valence-electron chi connectivity index (χ4n) is 0.698. The molecule has 48 valence electrons. The predicted molar refractivity (Wildman–Crippen MR) is 42.0 cm³/mol. The van der Waals surface area contributed by atoms with Gasteiger partial charge in [0.05, 0.1) is 0 Å². The van der Waals surface area contributed by atoms with Crippen LogP contribution in [0.1, 0.15) is 32.6 Å². The summed E-state index contributed by atoms with van der Waals surface area (Å²) in [5.74, 6) is 0. The zero-order valence-electron chi connectivity index (χ0n) is 5.62. The summed E-state index contributed by atoms with van der Waals surface area (Å²) < 4.78 is 0. The first kappa shape index (κ1) is 8.93. The van der Waals surface area contributed by atoms with E-state index in [1.165, 1.54) is 30.7 Å². The van der Waals surface area contributed by atoms with Crippen LogP contribution in [0, 0.1) is 0 Å². The van der Waals surface area contributed by atoms with Gasteiger partial charge < -0.3 is 0 Å². The average molecular weight is 191 g/mol. The van der Waals surface area contributed by atoms with E-state index in [1.807, 2.05) is 0 Å². The summed E-state index contributed by atoms with van der Waals surface area (Å²) in [6, 6.07) is 0. The van der Waals surface area contributed by atoms with Crippen molar-refractivity contribution in [1.29, 1.82) is 0 Å². The maximum absolute atomic E-state index is 5.67. The van der Waals surface area contributed by atoms with Crippen LogP contribution in [0.25, 0.3) is 0 Å². The van der Waals surface area contributed by atoms with Gasteiger partial charge in [0.15, 0.2) is 0 Å². The molecule has 0 fully saturated rings. The SMILES string of the molecule is CCCCC[CH2][GaH][Cl]. The van der Waals surface area contributed by atoms with Crippen LogP contribution in [0.15, 0.2) is 0 Å². The fourth-order valence-corrected chi connectivity index (χ4v) is 2.82. The molecule has 0 aliphatic rings. The van der Waals surface area contributed by atoms with Crippen LogP contribution in [0.3, 0.4) is 0 Å². The van der Waals surface area contributed by atoms with Crippen molar-refractivity contribution in [3.63, 3.8) is 0 Å². The molecule has 0 aliphatic heterocycles. The number of unbranched alkanes of at least 4 members (excludes halogenated alkanes) is 3. The quantitative estimate of drug-likeness (QED) is 0.463. The molecule has 0 aromatic rings. The fraction of sp³-hybridized carbons (Fsp3) is 1.00. The molecule has 0 radical (unpaired) electrons. The molecule has 0 saturated carbocycles. The van der Waals surface area contributed by atoms with E-state index in [0.29, 0.717) is 0 Å². The molecule has 0 aromatic heterocycles. The van der Waals surface area contributed by atoms with Crippen molar-refractivity contribution in [2.24, 2.45) is 0 Å². The summed E-state index contributed by atoms with van der Waals surface area (Å²) in [7, 11) is 5.67. The molecule has 0 aromatic carbocycles. The first-order valence-electron chi connectivity index (χ1n) is 3.47. The molecule has 0 saturated heterocycles. The van der Waals surface area contributed by atoms with Crippen molar-refractivity contribution in [3.05, 3.63) is 0 Å². The Kier molecular flexibility index (Phi) is 8.84. The second kappa shape index (κ2) is 7.93. The van der Waals surface area contributed by atoms with E-state index in [1.54, 1.807) is 0 Å². The first-order chi connectivity index (χ1) is 3.91. The van der Waals surface area contributed by atoms with Gasteiger partial charge in [-0.15, -0.1) is 0 Å². The van der Waals surface area contributed by atoms with Crippen molar-refractivity contribution in [1.82, 2.24) is 0 Å². The zero-order chi connectivity index (χ0) is 6.24. The minimum absolute atomic E-state index is 0.484. The van der Waals surface area contributed by atoms with E-state index in [-0.39, 0.29) is 0 Å². The molecule has 0 atom stereocenters. The normalized spacial score (nSPS) is 9.25. The average Bonchev–Trinajstić information content (AvgIpc) is 1.81. The Hall–Kier alpha value is 0.926. The van der Waals surface area contributed by atoms with Gasteiger partial charge in [0, 0.05) is 0 Å². The molecular formula is C6H14ClGa. The van der Waals surface area contributed by atoms with Gasteiger partial charge in [0.25, 0.3) is 0 Å². The van der Waals surface area contributed by atoms with Crippen molar-refractivity contribution in [2.75, 3.05) is 0 Å². The number of hydrogen-bond acceptors (Lipinski definition) is 0. The summed E-state index contributed by atoms with van der Waals surface area (Å²) in [5.41, 5.74) is 0. The summed E-state index contributed by atoms with van der Waals surface area (Å²) in [4.78, 5) is 1.38. The molecule has 0 rings (SSSR count). The standard InChI is InChI=1S/C6H13.ClH.Ga.H/c1-3-5-6-4-2;;;/h1,3-6H2,2H3;1H;;/q;;+1;/p-1. The number of halogens is 1. The van der Waals surface area contributed by atoms with Crippen molar-refractivity contribution in [3.8, 4) is 0 Å². The zero-order valence-corrected chi connectivity index (χ0v) is 9.34. The third-order valence-corrected chi connectivity index (χ3v) is 4.24. The van der Waals surface area contributed by atoms with E-state index in [0.717, 1.165) is 0 Å². The molecule has 0 amide bonds. The first-order valence-corrected chi connectivity index (χ1v) is 9.47. The van der Waals surface area contributed by atoms with Crippen LogP contribution in [0.4, 0.5) is 0 Å². The molecule has 8 heavy (non-hydrogen) atoms. The van der Waals surface area contributed by atoms with Crippen LogP contribution in [-0.4, -0.2) is 16.4 Å². The molecule has 0 bridgehead atoms. The molecule has 0 N–H and O–H groups in total. The van der Waals surface area contributed by atoms with Gasteiger partial charge in [-0.05, 0) is 0 Å². The Morgan fingerprint density at radius 2 is 2.00 bits per heavy atom. The second-order valence-electron chi connectivity index (χ2n) is 2.10. The van der Waals surface area contributed by atoms with E-state index < -0.39 is 16.4 Å². The summed E-state index contributed by atoms with van der Waals surface area (Å²) in [5, 5.41) is 0. The molecule has 0 spiro atoms. The van der Waals surface area contributed by atoms with Crippen LogP contribution in [0.2, 0.25) is 4.98 Å². The van der Waals surface area contributed by atoms with E-state index >= 15 is 0 Å². The van der Waals surface area contributed by atoms with Crippen LogP contribution < -0.4 is 0 Å². The predicted octanol–water partition coefficient (Wildman–Crippen LogP) is 2.58. The van der Waals surface area contributed by atoms with E-state index in [9.17, 15) is 0 Å². The third kappa shape index (κ3) is 6.93. The van der Waals surface area contributed by atoms with Gasteiger partial charge in [-0.3, -0.25) is 0 Å². The minimum atomic E-state index is -0.484. The Bertz CT molecular complexity index is 33.5. The Morgan fingerprint density at radius 1 is 1.25 bits per heavy atom. The molecule has 0 unspecified atom stereocenters. The molecule has 2 heteroatoms. The van der Waals surface area contributed by atoms with Crippen molar-refractivity contribution < 1.29 is 0 Å². The van der Waals surface area contributed by atoms with Gasteiger partial charge in [0.2, 0.25) is 0 Å². The topological polar surface area (TPSA) is 0 Å². The van der Waals surface area contributed by atoms with Gasteiger partial charge in [-0.2, -0.15) is 0 Å². The maximum atomic E-state index is 5.67. The van der Waals surface area contributed by atoms with Gasteiger partial charge in [-0.25, -0.2) is 0 Å². The number of rotatable bonds is 5. The second-order valence-corrected chi connectivity index (χ2v) is 6.34. The van der Waals surface area contributed by atoms with E-state index in [2.05, 4.69) is 6.92 Å². The van der Waals surface area contributed by atoms with Gasteiger partial charge in [0.1, 0.15) is 0 Å².